The average molecular weight is 193 g/mol. The Balaban J connectivity index is 1.89. The molecule has 2 N–H and O–H groups in total. The Kier molecular flexibility index (Phi) is 2.42. The molecular formula is C10H15N3O. The van der Waals surface area contributed by atoms with Gasteiger partial charge < -0.3 is 10.6 Å². The third-order valence-corrected chi connectivity index (χ3v) is 3.10. The Bertz CT molecular complexity index is 280. The van der Waals surface area contributed by atoms with E-state index in [1.165, 1.54) is 0 Å². The van der Waals surface area contributed by atoms with Crippen molar-refractivity contribution in [1.29, 1.82) is 5.26 Å². The van der Waals surface area contributed by atoms with Crippen LogP contribution in [0, 0.1) is 23.2 Å². The number of nitrogens with two attached hydrogens (primary N) is 1. The first kappa shape index (κ1) is 9.47. The number of carbonyl (C=O) groups is 1. The van der Waals surface area contributed by atoms with Gasteiger partial charge in [0.05, 0.1) is 18.0 Å². The third kappa shape index (κ3) is 1.73. The lowest BCUT2D eigenvalue weighted by Gasteiger charge is -2.19. The first-order valence-corrected chi connectivity index (χ1v) is 5.16. The lowest BCUT2D eigenvalue weighted by molar-refractivity contribution is -0.132. The van der Waals surface area contributed by atoms with Gasteiger partial charge in [0.25, 0.3) is 0 Å². The Labute approximate surface area is 83.7 Å². The van der Waals surface area contributed by atoms with Crippen LogP contribution < -0.4 is 5.73 Å². The van der Waals surface area contributed by atoms with Crippen molar-refractivity contribution in [1.82, 2.24) is 4.90 Å². The van der Waals surface area contributed by atoms with Crippen LogP contribution in [0.3, 0.4) is 0 Å². The summed E-state index contributed by atoms with van der Waals surface area (Å²) in [6.07, 6.45) is 2.98. The number of hydrogen-bond donors (Lipinski definition) is 1. The fourth-order valence-electron chi connectivity index (χ4n) is 1.93. The van der Waals surface area contributed by atoms with Crippen LogP contribution in [0.15, 0.2) is 0 Å². The van der Waals surface area contributed by atoms with Crippen LogP contribution >= 0.6 is 0 Å². The molecule has 0 radical (unpaired) electrons. The lowest BCUT2D eigenvalue weighted by Crippen LogP contribution is -2.43. The van der Waals surface area contributed by atoms with E-state index in [4.69, 9.17) is 11.0 Å². The molecule has 4 nitrogen and oxygen atoms in total. The van der Waals surface area contributed by atoms with Gasteiger partial charge in [0, 0.05) is 13.1 Å². The van der Waals surface area contributed by atoms with Crippen molar-refractivity contribution in [3.8, 4) is 6.07 Å². The van der Waals surface area contributed by atoms with E-state index in [1.807, 2.05) is 0 Å². The van der Waals surface area contributed by atoms with E-state index in [0.717, 1.165) is 19.3 Å². The Morgan fingerprint density at radius 1 is 1.50 bits per heavy atom. The quantitative estimate of drug-likeness (QED) is 0.676. The summed E-state index contributed by atoms with van der Waals surface area (Å²) < 4.78 is 0. The lowest BCUT2D eigenvalue weighted by atomic mass is 10.1. The van der Waals surface area contributed by atoms with Gasteiger partial charge in [0.1, 0.15) is 0 Å². The van der Waals surface area contributed by atoms with E-state index in [9.17, 15) is 4.79 Å². The summed E-state index contributed by atoms with van der Waals surface area (Å²) in [7, 11) is 0. The molecular weight excluding hydrogens is 178 g/mol. The van der Waals surface area contributed by atoms with Crippen molar-refractivity contribution in [2.45, 2.75) is 25.3 Å². The van der Waals surface area contributed by atoms with Crippen molar-refractivity contribution in [2.24, 2.45) is 17.6 Å². The maximum absolute atomic E-state index is 11.8. The summed E-state index contributed by atoms with van der Waals surface area (Å²) in [5.41, 5.74) is 5.82. The molecule has 0 spiro atoms. The number of hydrogen-bond acceptors (Lipinski definition) is 3. The Morgan fingerprint density at radius 3 is 2.71 bits per heavy atom. The molecule has 0 bridgehead atoms. The average Bonchev–Trinajstić information content (AvgIpc) is 2.94. The number of carbonyl (C=O) groups excluding carboxylic acids is 1. The number of likely N-dealkylation sites (tertiary alicyclic amines) is 1. The van der Waals surface area contributed by atoms with Gasteiger partial charge in [-0.3, -0.25) is 4.79 Å². The number of rotatable bonds is 2. The van der Waals surface area contributed by atoms with Gasteiger partial charge in [-0.2, -0.15) is 5.26 Å². The summed E-state index contributed by atoms with van der Waals surface area (Å²) in [5.74, 6) is 0.472. The predicted octanol–water partition coefficient (Wildman–Crippen LogP) is 0.0958. The molecule has 2 aliphatic rings. The highest BCUT2D eigenvalue weighted by atomic mass is 16.2. The molecule has 14 heavy (non-hydrogen) atoms. The van der Waals surface area contributed by atoms with Crippen LogP contribution in [0.1, 0.15) is 19.3 Å². The summed E-state index contributed by atoms with van der Waals surface area (Å²) in [6, 6.07) is 1.89. The molecule has 1 aliphatic heterocycles. The van der Waals surface area contributed by atoms with Crippen LogP contribution in [0.2, 0.25) is 0 Å². The molecule has 0 aromatic heterocycles. The van der Waals surface area contributed by atoms with Crippen molar-refractivity contribution < 1.29 is 4.79 Å². The Morgan fingerprint density at radius 2 is 2.21 bits per heavy atom. The number of nitriles is 1. The van der Waals surface area contributed by atoms with Crippen molar-refractivity contribution in [3.63, 3.8) is 0 Å². The second kappa shape index (κ2) is 3.58. The fraction of sp³-hybridized carbons (Fsp3) is 0.800. The second-order valence-corrected chi connectivity index (χ2v) is 4.26. The van der Waals surface area contributed by atoms with Crippen LogP contribution in [0.25, 0.3) is 0 Å². The molecule has 76 valence electrons. The molecule has 0 aromatic rings. The molecule has 1 heterocycles. The standard InChI is InChI=1S/C10H15N3O/c11-5-7-3-4-13(6-7)10(14)9(12)8-1-2-8/h7-9H,1-4,6,12H2. The molecule has 2 atom stereocenters. The maximum atomic E-state index is 11.8. The first-order valence-electron chi connectivity index (χ1n) is 5.16. The van der Waals surface area contributed by atoms with Gasteiger partial charge in [-0.1, -0.05) is 0 Å². The first-order chi connectivity index (χ1) is 6.72. The highest BCUT2D eigenvalue weighted by Gasteiger charge is 2.37. The summed E-state index contributed by atoms with van der Waals surface area (Å²) in [6.45, 7) is 1.28. The molecule has 1 amide bonds. The molecule has 1 saturated carbocycles. The van der Waals surface area contributed by atoms with E-state index >= 15 is 0 Å². The van der Waals surface area contributed by atoms with E-state index in [1.54, 1.807) is 4.90 Å². The van der Waals surface area contributed by atoms with Crippen LogP contribution in [-0.4, -0.2) is 29.9 Å². The molecule has 1 saturated heterocycles. The SMILES string of the molecule is N#CC1CCN(C(=O)C(N)C2CC2)C1. The minimum absolute atomic E-state index is 0.0188. The summed E-state index contributed by atoms with van der Waals surface area (Å²) in [5, 5.41) is 8.71. The zero-order valence-electron chi connectivity index (χ0n) is 8.15. The van der Waals surface area contributed by atoms with Gasteiger partial charge in [-0.15, -0.1) is 0 Å². The molecule has 2 fully saturated rings. The van der Waals surface area contributed by atoms with Crippen LogP contribution in [0.5, 0.6) is 0 Å². The maximum Gasteiger partial charge on any atom is 0.239 e. The molecule has 4 heteroatoms. The van der Waals surface area contributed by atoms with Crippen LogP contribution in [-0.2, 0) is 4.79 Å². The van der Waals surface area contributed by atoms with Crippen LogP contribution in [0.4, 0.5) is 0 Å². The zero-order valence-corrected chi connectivity index (χ0v) is 8.15. The summed E-state index contributed by atoms with van der Waals surface area (Å²) >= 11 is 0. The van der Waals surface area contributed by atoms with E-state index < -0.39 is 0 Å². The Hall–Kier alpha value is -1.08. The normalized spacial score (nSPS) is 28.6. The number of nitrogens with zero attached hydrogens (tertiary/aromatic N) is 2. The smallest absolute Gasteiger partial charge is 0.239 e. The van der Waals surface area contributed by atoms with Crippen molar-refractivity contribution in [2.75, 3.05) is 13.1 Å². The molecule has 2 unspecified atom stereocenters. The largest absolute Gasteiger partial charge is 0.340 e. The van der Waals surface area contributed by atoms with Gasteiger partial charge in [-0.25, -0.2) is 0 Å². The van der Waals surface area contributed by atoms with Crippen molar-refractivity contribution >= 4 is 5.91 Å². The minimum Gasteiger partial charge on any atom is -0.340 e. The van der Waals surface area contributed by atoms with E-state index in [2.05, 4.69) is 6.07 Å². The second-order valence-electron chi connectivity index (χ2n) is 4.26. The van der Waals surface area contributed by atoms with Gasteiger partial charge in [-0.05, 0) is 25.2 Å². The van der Waals surface area contributed by atoms with Crippen molar-refractivity contribution in [3.05, 3.63) is 0 Å². The van der Waals surface area contributed by atoms with E-state index in [0.29, 0.717) is 19.0 Å². The highest BCUT2D eigenvalue weighted by molar-refractivity contribution is 5.82. The van der Waals surface area contributed by atoms with Gasteiger partial charge >= 0.3 is 0 Å². The van der Waals surface area contributed by atoms with Gasteiger partial charge in [0.2, 0.25) is 5.91 Å². The minimum atomic E-state index is -0.313. The topological polar surface area (TPSA) is 70.1 Å². The number of amides is 1. The van der Waals surface area contributed by atoms with E-state index in [-0.39, 0.29) is 17.9 Å². The third-order valence-electron chi connectivity index (χ3n) is 3.10. The molecule has 2 rings (SSSR count). The zero-order chi connectivity index (χ0) is 10.1. The molecule has 0 aromatic carbocycles. The monoisotopic (exact) mass is 193 g/mol. The highest BCUT2D eigenvalue weighted by Crippen LogP contribution is 2.32. The molecule has 1 aliphatic carbocycles. The summed E-state index contributed by atoms with van der Waals surface area (Å²) in [4.78, 5) is 13.5. The predicted molar refractivity (Wildman–Crippen MR) is 51.0 cm³/mol. The van der Waals surface area contributed by atoms with Gasteiger partial charge in [0.15, 0.2) is 0 Å². The fourth-order valence-corrected chi connectivity index (χ4v) is 1.93.